The van der Waals surface area contributed by atoms with Crippen molar-refractivity contribution in [2.24, 2.45) is 18.4 Å². The van der Waals surface area contributed by atoms with Gasteiger partial charge in [-0.25, -0.2) is 0 Å². The number of fused-ring (bicyclic) bond motifs is 2. The fourth-order valence-corrected chi connectivity index (χ4v) is 9.44. The van der Waals surface area contributed by atoms with E-state index in [0.29, 0.717) is 53.8 Å². The maximum absolute atomic E-state index is 13.4. The number of anilines is 1. The van der Waals surface area contributed by atoms with E-state index in [4.69, 9.17) is 9.47 Å². The lowest BCUT2D eigenvalue weighted by Crippen LogP contribution is -2.60. The molecule has 4 saturated heterocycles. The Morgan fingerprint density at radius 2 is 1.68 bits per heavy atom. The summed E-state index contributed by atoms with van der Waals surface area (Å²) >= 11 is 0. The third-order valence-corrected chi connectivity index (χ3v) is 12.5. The number of methoxy groups -OCH3 is 2. The number of nitrogens with zero attached hydrogens (tertiary/aromatic N) is 6. The molecule has 9 rings (SSSR count). The van der Waals surface area contributed by atoms with E-state index in [-0.39, 0.29) is 53.1 Å². The Hall–Kier alpha value is -5.76. The molecule has 4 aromatic rings. The van der Waals surface area contributed by atoms with Gasteiger partial charge in [-0.1, -0.05) is 0 Å². The molecular weight excluding hydrogens is 715 g/mol. The van der Waals surface area contributed by atoms with Crippen LogP contribution in [-0.4, -0.2) is 114 Å². The van der Waals surface area contributed by atoms with Crippen molar-refractivity contribution in [3.63, 3.8) is 0 Å². The summed E-state index contributed by atoms with van der Waals surface area (Å²) in [6.45, 7) is 5.59. The van der Waals surface area contributed by atoms with Crippen molar-refractivity contribution < 1.29 is 28.7 Å². The topological polar surface area (TPSA) is 147 Å². The average molecular weight is 760 g/mol. The fourth-order valence-electron chi connectivity index (χ4n) is 9.44. The normalized spacial score (nSPS) is 20.7. The molecule has 0 saturated carbocycles. The molecule has 14 nitrogen and oxygen atoms in total. The molecule has 290 valence electrons. The molecule has 0 bridgehead atoms. The second-order valence-electron chi connectivity index (χ2n) is 16.1. The van der Waals surface area contributed by atoms with E-state index in [1.165, 1.54) is 4.90 Å². The molecule has 4 amide bonds. The van der Waals surface area contributed by atoms with E-state index in [0.717, 1.165) is 73.5 Å². The molecule has 2 aromatic carbocycles. The zero-order valence-corrected chi connectivity index (χ0v) is 31.9. The molecule has 7 heterocycles. The molecule has 5 aliphatic heterocycles. The Bertz CT molecular complexity index is 2330. The molecule has 1 spiro atoms. The molecule has 56 heavy (non-hydrogen) atoms. The van der Waals surface area contributed by atoms with Gasteiger partial charge in [0.05, 0.1) is 42.3 Å². The third-order valence-electron chi connectivity index (χ3n) is 12.5. The van der Waals surface area contributed by atoms with Gasteiger partial charge >= 0.3 is 0 Å². The van der Waals surface area contributed by atoms with Gasteiger partial charge in [-0.05, 0) is 66.1 Å². The number of likely N-dealkylation sites (tertiary alicyclic amines) is 2. The average Bonchev–Trinajstić information content (AvgIpc) is 3.74. The van der Waals surface area contributed by atoms with Crippen LogP contribution in [0.25, 0.3) is 21.9 Å². The number of imide groups is 1. The predicted octanol–water partition coefficient (Wildman–Crippen LogP) is 3.05. The van der Waals surface area contributed by atoms with Crippen LogP contribution < -0.4 is 25.2 Å². The van der Waals surface area contributed by atoms with Crippen LogP contribution in [0.15, 0.2) is 59.8 Å². The predicted molar refractivity (Wildman–Crippen MR) is 208 cm³/mol. The molecule has 0 radical (unpaired) electrons. The van der Waals surface area contributed by atoms with Crippen LogP contribution in [0.1, 0.15) is 52.0 Å². The van der Waals surface area contributed by atoms with Gasteiger partial charge < -0.3 is 29.2 Å². The summed E-state index contributed by atoms with van der Waals surface area (Å²) in [7, 11) is 5.03. The number of pyridine rings is 2. The highest BCUT2D eigenvalue weighted by atomic mass is 16.5. The standard InChI is InChI=1S/C42H45N7O7/c1-45-20-33(29-8-10-43-17-32(29)39(45)52)26-13-35(55-2)34(36(14-26)56-3)21-46-18-25(19-46)12-38(51)48-23-42(24-48)9-11-47(22-42)27-4-6-30-31(15-27)41(54)49(40(30)53)28-5-7-37(50)44-16-28/h4,6,8,10,13-15,17,20,25,28H,5,7,9,11-12,16,18-19,21-24H2,1-3H3,(H,44,50). The molecule has 2 aromatic heterocycles. The lowest BCUT2D eigenvalue weighted by molar-refractivity contribution is -0.144. The highest BCUT2D eigenvalue weighted by Gasteiger charge is 2.50. The highest BCUT2D eigenvalue weighted by molar-refractivity contribution is 6.22. The number of nitrogens with one attached hydrogen (secondary N) is 1. The maximum Gasteiger partial charge on any atom is 0.261 e. The number of aryl methyl sites for hydroxylation is 1. The van der Waals surface area contributed by atoms with Gasteiger partial charge in [0, 0.05) is 108 Å². The first-order valence-electron chi connectivity index (χ1n) is 19.3. The monoisotopic (exact) mass is 759 g/mol. The number of hydrogen-bond donors (Lipinski definition) is 1. The number of benzene rings is 2. The van der Waals surface area contributed by atoms with Crippen LogP contribution in [0.3, 0.4) is 0 Å². The van der Waals surface area contributed by atoms with Crippen LogP contribution in [0.4, 0.5) is 5.69 Å². The van der Waals surface area contributed by atoms with Crippen molar-refractivity contribution in [1.82, 2.24) is 29.6 Å². The van der Waals surface area contributed by atoms with E-state index in [1.807, 2.05) is 41.4 Å². The van der Waals surface area contributed by atoms with Crippen molar-refractivity contribution in [2.75, 3.05) is 64.9 Å². The first-order chi connectivity index (χ1) is 27.0. The van der Waals surface area contributed by atoms with Crippen LogP contribution >= 0.6 is 0 Å². The Morgan fingerprint density at radius 1 is 0.929 bits per heavy atom. The summed E-state index contributed by atoms with van der Waals surface area (Å²) in [5.41, 5.74) is 4.37. The van der Waals surface area contributed by atoms with Crippen molar-refractivity contribution >= 4 is 40.1 Å². The first-order valence-corrected chi connectivity index (χ1v) is 19.3. The summed E-state index contributed by atoms with van der Waals surface area (Å²) in [5.74, 6) is 1.22. The minimum atomic E-state index is -0.329. The Balaban J connectivity index is 0.789. The second-order valence-corrected chi connectivity index (χ2v) is 16.1. The van der Waals surface area contributed by atoms with E-state index < -0.39 is 0 Å². The van der Waals surface area contributed by atoms with Crippen molar-refractivity contribution in [3.05, 3.63) is 82.0 Å². The number of carbonyl (C=O) groups excluding carboxylic acids is 4. The molecule has 5 aliphatic rings. The molecule has 1 atom stereocenters. The number of hydrogen-bond acceptors (Lipinski definition) is 10. The number of amides is 4. The van der Waals surface area contributed by atoms with Crippen LogP contribution in [0.2, 0.25) is 0 Å². The number of ether oxygens (including phenoxy) is 2. The minimum Gasteiger partial charge on any atom is -0.496 e. The fraction of sp³-hybridized carbons (Fsp3) is 0.429. The molecule has 1 N–H and O–H groups in total. The molecule has 0 aliphatic carbocycles. The Morgan fingerprint density at radius 3 is 2.39 bits per heavy atom. The van der Waals surface area contributed by atoms with Gasteiger partial charge in [0.25, 0.3) is 17.4 Å². The molecule has 4 fully saturated rings. The van der Waals surface area contributed by atoms with Gasteiger partial charge in [0.15, 0.2) is 0 Å². The minimum absolute atomic E-state index is 0.0311. The quantitative estimate of drug-likeness (QED) is 0.253. The number of aromatic nitrogens is 2. The molecular formula is C42H45N7O7. The van der Waals surface area contributed by atoms with Crippen LogP contribution in [0, 0.1) is 11.3 Å². The van der Waals surface area contributed by atoms with Crippen LogP contribution in [0.5, 0.6) is 11.5 Å². The summed E-state index contributed by atoms with van der Waals surface area (Å²) in [6, 6.07) is 11.0. The Labute approximate surface area is 323 Å². The summed E-state index contributed by atoms with van der Waals surface area (Å²) < 4.78 is 13.3. The summed E-state index contributed by atoms with van der Waals surface area (Å²) in [6.07, 6.45) is 7.37. The van der Waals surface area contributed by atoms with E-state index in [2.05, 4.69) is 20.1 Å². The number of piperidine rings is 1. The smallest absolute Gasteiger partial charge is 0.261 e. The third kappa shape index (κ3) is 6.06. The summed E-state index contributed by atoms with van der Waals surface area (Å²) in [5, 5.41) is 4.13. The van der Waals surface area contributed by atoms with Crippen molar-refractivity contribution in [3.8, 4) is 22.6 Å². The van der Waals surface area contributed by atoms with Crippen molar-refractivity contribution in [2.45, 2.75) is 38.3 Å². The molecule has 1 unspecified atom stereocenters. The zero-order chi connectivity index (χ0) is 38.9. The van der Waals surface area contributed by atoms with Gasteiger partial charge in [-0.15, -0.1) is 0 Å². The van der Waals surface area contributed by atoms with Gasteiger partial charge in [0.1, 0.15) is 11.5 Å². The zero-order valence-electron chi connectivity index (χ0n) is 31.9. The Kier molecular flexibility index (Phi) is 8.83. The highest BCUT2D eigenvalue weighted by Crippen LogP contribution is 2.43. The van der Waals surface area contributed by atoms with Crippen molar-refractivity contribution in [1.29, 1.82) is 0 Å². The number of carbonyl (C=O) groups is 4. The van der Waals surface area contributed by atoms with E-state index >= 15 is 0 Å². The first kappa shape index (κ1) is 35.9. The second kappa shape index (κ2) is 13.8. The number of rotatable bonds is 9. The summed E-state index contributed by atoms with van der Waals surface area (Å²) in [4.78, 5) is 76.4. The lowest BCUT2D eigenvalue weighted by Gasteiger charge is -2.49. The van der Waals surface area contributed by atoms with Crippen LogP contribution in [-0.2, 0) is 23.2 Å². The van der Waals surface area contributed by atoms with Gasteiger partial charge in [-0.3, -0.25) is 38.8 Å². The SMILES string of the molecule is COc1cc(-c2cn(C)c(=O)c3cnccc23)cc(OC)c1CN1CC(CC(=O)N2CC3(CCN(c4ccc5c(c4)C(=O)N(C4CCC(=O)NC4)C5=O)C3)C2)C1. The lowest BCUT2D eigenvalue weighted by atomic mass is 9.78. The maximum atomic E-state index is 13.4. The van der Waals surface area contributed by atoms with Gasteiger partial charge in [0.2, 0.25) is 11.8 Å². The van der Waals surface area contributed by atoms with Gasteiger partial charge in [-0.2, -0.15) is 0 Å². The largest absolute Gasteiger partial charge is 0.496 e. The molecule has 14 heteroatoms. The van der Waals surface area contributed by atoms with E-state index in [1.54, 1.807) is 44.3 Å². The van der Waals surface area contributed by atoms with E-state index in [9.17, 15) is 24.0 Å².